The van der Waals surface area contributed by atoms with E-state index in [4.69, 9.17) is 4.74 Å². The zero-order valence-corrected chi connectivity index (χ0v) is 16.9. The second kappa shape index (κ2) is 8.57. The van der Waals surface area contributed by atoms with Crippen molar-refractivity contribution >= 4 is 11.9 Å². The first-order valence-electron chi connectivity index (χ1n) is 10.5. The third kappa shape index (κ3) is 4.32. The van der Waals surface area contributed by atoms with Crippen LogP contribution in [0, 0.1) is 5.82 Å². The van der Waals surface area contributed by atoms with E-state index in [1.54, 1.807) is 11.0 Å². The van der Waals surface area contributed by atoms with Gasteiger partial charge in [0.2, 0.25) is 0 Å². The Morgan fingerprint density at radius 3 is 2.52 bits per heavy atom. The summed E-state index contributed by atoms with van der Waals surface area (Å²) in [6.07, 6.45) is 4.79. The molecule has 7 nitrogen and oxygen atoms in total. The number of ether oxygens (including phenoxy) is 1. The third-order valence-corrected chi connectivity index (χ3v) is 6.23. The molecule has 0 aromatic heterocycles. The minimum absolute atomic E-state index is 0.0117. The molecule has 2 aliphatic heterocycles. The summed E-state index contributed by atoms with van der Waals surface area (Å²) in [5, 5.41) is 2.40. The zero-order valence-electron chi connectivity index (χ0n) is 16.9. The summed E-state index contributed by atoms with van der Waals surface area (Å²) in [4.78, 5) is 30.6. The summed E-state index contributed by atoms with van der Waals surface area (Å²) in [5.41, 5.74) is -0.0117. The monoisotopic (exact) mass is 404 g/mol. The summed E-state index contributed by atoms with van der Waals surface area (Å²) in [5.74, 6) is -0.712. The smallest absolute Gasteiger partial charge is 0.320 e. The molecule has 0 atom stereocenters. The van der Waals surface area contributed by atoms with Gasteiger partial charge in [0.1, 0.15) is 17.7 Å². The lowest BCUT2D eigenvalue weighted by molar-refractivity contribution is 0.0307. The molecule has 0 unspecified atom stereocenters. The van der Waals surface area contributed by atoms with Crippen molar-refractivity contribution in [2.24, 2.45) is 0 Å². The lowest BCUT2D eigenvalue weighted by atomic mass is 9.91. The first kappa shape index (κ1) is 19.9. The standard InChI is InChI=1S/C21H29FN4O3/c1-23-20(27)18-7-6-16(12-19(18)22)29-17-13-26(14-17)21(28)25-9-3-8-24(10-11-25)15-4-2-5-15/h6-7,12,15,17H,2-5,8-11,13-14H2,1H3,(H,23,27). The predicted molar refractivity (Wildman–Crippen MR) is 107 cm³/mol. The molecule has 3 aliphatic rings. The van der Waals surface area contributed by atoms with Gasteiger partial charge in [0.05, 0.1) is 18.7 Å². The Bertz CT molecular complexity index is 764. The predicted octanol–water partition coefficient (Wildman–Crippen LogP) is 1.93. The molecule has 4 rings (SSSR count). The Labute approximate surface area is 170 Å². The lowest BCUT2D eigenvalue weighted by Crippen LogP contribution is -2.60. The van der Waals surface area contributed by atoms with Crippen LogP contribution in [0.1, 0.15) is 36.0 Å². The fraction of sp³-hybridized carbons (Fsp3) is 0.619. The highest BCUT2D eigenvalue weighted by atomic mass is 19.1. The highest BCUT2D eigenvalue weighted by Gasteiger charge is 2.36. The van der Waals surface area contributed by atoms with Gasteiger partial charge in [-0.2, -0.15) is 0 Å². The van der Waals surface area contributed by atoms with E-state index < -0.39 is 11.7 Å². The number of halogens is 1. The molecular weight excluding hydrogens is 375 g/mol. The van der Waals surface area contributed by atoms with Crippen LogP contribution < -0.4 is 10.1 Å². The van der Waals surface area contributed by atoms with Crippen molar-refractivity contribution in [3.63, 3.8) is 0 Å². The number of nitrogens with one attached hydrogen (secondary N) is 1. The maximum Gasteiger partial charge on any atom is 0.320 e. The van der Waals surface area contributed by atoms with Crippen molar-refractivity contribution in [1.82, 2.24) is 20.0 Å². The van der Waals surface area contributed by atoms with Crippen LogP contribution in [0.25, 0.3) is 0 Å². The fourth-order valence-corrected chi connectivity index (χ4v) is 4.19. The molecule has 1 saturated carbocycles. The maximum atomic E-state index is 14.0. The highest BCUT2D eigenvalue weighted by molar-refractivity contribution is 5.94. The van der Waals surface area contributed by atoms with E-state index in [2.05, 4.69) is 10.2 Å². The van der Waals surface area contributed by atoms with Gasteiger partial charge in [-0.15, -0.1) is 0 Å². The molecule has 1 N–H and O–H groups in total. The van der Waals surface area contributed by atoms with Crippen LogP contribution in [-0.4, -0.2) is 85.1 Å². The largest absolute Gasteiger partial charge is 0.487 e. The minimum Gasteiger partial charge on any atom is -0.487 e. The Balaban J connectivity index is 1.25. The van der Waals surface area contributed by atoms with Crippen LogP contribution in [-0.2, 0) is 0 Å². The van der Waals surface area contributed by atoms with E-state index in [0.29, 0.717) is 18.8 Å². The average Bonchev–Trinajstić information content (AvgIpc) is 2.88. The Morgan fingerprint density at radius 1 is 1.07 bits per heavy atom. The van der Waals surface area contributed by atoms with Crippen molar-refractivity contribution in [2.75, 3.05) is 46.3 Å². The SMILES string of the molecule is CNC(=O)c1ccc(OC2CN(C(=O)N3CCCN(C4CCC4)CC3)C2)cc1F. The van der Waals surface area contributed by atoms with Crippen molar-refractivity contribution in [1.29, 1.82) is 0 Å². The number of likely N-dealkylation sites (tertiary alicyclic amines) is 1. The highest BCUT2D eigenvalue weighted by Crippen LogP contribution is 2.26. The van der Waals surface area contributed by atoms with Gasteiger partial charge in [-0.3, -0.25) is 9.69 Å². The third-order valence-electron chi connectivity index (χ3n) is 6.23. The van der Waals surface area contributed by atoms with Crippen LogP contribution >= 0.6 is 0 Å². The number of benzene rings is 1. The number of nitrogens with zero attached hydrogens (tertiary/aromatic N) is 3. The molecule has 3 amide bonds. The molecule has 0 radical (unpaired) electrons. The number of rotatable bonds is 4. The molecular formula is C21H29FN4O3. The topological polar surface area (TPSA) is 65.1 Å². The second-order valence-corrected chi connectivity index (χ2v) is 8.11. The Kier molecular flexibility index (Phi) is 5.89. The van der Waals surface area contributed by atoms with Gasteiger partial charge in [-0.25, -0.2) is 9.18 Å². The summed E-state index contributed by atoms with van der Waals surface area (Å²) >= 11 is 0. The molecule has 1 aromatic rings. The molecule has 1 aromatic carbocycles. The molecule has 29 heavy (non-hydrogen) atoms. The Morgan fingerprint density at radius 2 is 1.86 bits per heavy atom. The number of amides is 3. The normalized spacial score (nSPS) is 21.2. The van der Waals surface area contributed by atoms with Crippen molar-refractivity contribution < 1.29 is 18.7 Å². The number of hydrogen-bond donors (Lipinski definition) is 1. The van der Waals surface area contributed by atoms with Crippen molar-refractivity contribution in [2.45, 2.75) is 37.8 Å². The van der Waals surface area contributed by atoms with Crippen LogP contribution in [0.2, 0.25) is 0 Å². The first-order valence-corrected chi connectivity index (χ1v) is 10.5. The molecule has 0 spiro atoms. The van der Waals surface area contributed by atoms with Crippen LogP contribution in [0.4, 0.5) is 9.18 Å². The Hall–Kier alpha value is -2.35. The van der Waals surface area contributed by atoms with Gasteiger partial charge in [0.25, 0.3) is 5.91 Å². The average molecular weight is 404 g/mol. The maximum absolute atomic E-state index is 14.0. The van der Waals surface area contributed by atoms with Gasteiger partial charge in [-0.05, 0) is 31.4 Å². The molecule has 3 fully saturated rings. The summed E-state index contributed by atoms with van der Waals surface area (Å²) in [6.45, 7) is 4.62. The number of carbonyl (C=O) groups is 2. The van der Waals surface area contributed by atoms with E-state index in [-0.39, 0.29) is 17.7 Å². The molecule has 0 bridgehead atoms. The molecule has 2 saturated heterocycles. The summed E-state index contributed by atoms with van der Waals surface area (Å²) in [6, 6.07) is 5.01. The van der Waals surface area contributed by atoms with Gasteiger partial charge in [-0.1, -0.05) is 6.42 Å². The van der Waals surface area contributed by atoms with Gasteiger partial charge in [0.15, 0.2) is 0 Å². The van der Waals surface area contributed by atoms with Gasteiger partial charge < -0.3 is 19.9 Å². The molecule has 8 heteroatoms. The van der Waals surface area contributed by atoms with Crippen LogP contribution in [0.15, 0.2) is 18.2 Å². The van der Waals surface area contributed by atoms with Crippen LogP contribution in [0.5, 0.6) is 5.75 Å². The van der Waals surface area contributed by atoms with Crippen molar-refractivity contribution in [3.8, 4) is 5.75 Å². The number of hydrogen-bond acceptors (Lipinski definition) is 4. The van der Waals surface area contributed by atoms with Crippen molar-refractivity contribution in [3.05, 3.63) is 29.6 Å². The van der Waals surface area contributed by atoms with E-state index >= 15 is 0 Å². The second-order valence-electron chi connectivity index (χ2n) is 8.11. The molecule has 2 heterocycles. The van der Waals surface area contributed by atoms with E-state index in [9.17, 15) is 14.0 Å². The van der Waals surface area contributed by atoms with Gasteiger partial charge in [0, 0.05) is 45.3 Å². The first-order chi connectivity index (χ1) is 14.0. The molecule has 1 aliphatic carbocycles. The quantitative estimate of drug-likeness (QED) is 0.833. The number of carbonyl (C=O) groups excluding carboxylic acids is 2. The summed E-state index contributed by atoms with van der Waals surface area (Å²) in [7, 11) is 1.46. The van der Waals surface area contributed by atoms with E-state index in [0.717, 1.165) is 38.6 Å². The van der Waals surface area contributed by atoms with Crippen LogP contribution in [0.3, 0.4) is 0 Å². The van der Waals surface area contributed by atoms with Gasteiger partial charge >= 0.3 is 6.03 Å². The molecule has 158 valence electrons. The zero-order chi connectivity index (χ0) is 20.4. The number of urea groups is 1. The van der Waals surface area contributed by atoms with E-state index in [1.807, 2.05) is 4.90 Å². The minimum atomic E-state index is -0.616. The fourth-order valence-electron chi connectivity index (χ4n) is 4.19. The van der Waals surface area contributed by atoms with E-state index in [1.165, 1.54) is 38.4 Å². The lowest BCUT2D eigenvalue weighted by Gasteiger charge is -2.41. The summed E-state index contributed by atoms with van der Waals surface area (Å²) < 4.78 is 19.8.